The number of nitrogens with zero attached hydrogens (tertiary/aromatic N) is 1. The number of likely N-dealkylation sites (tertiary alicyclic amines) is 1. The predicted octanol–water partition coefficient (Wildman–Crippen LogP) is 2.71. The third kappa shape index (κ3) is 3.98. The van der Waals surface area contributed by atoms with E-state index < -0.39 is 17.6 Å². The van der Waals surface area contributed by atoms with Gasteiger partial charge in [-0.1, -0.05) is 13.0 Å². The van der Waals surface area contributed by atoms with Crippen LogP contribution in [-0.4, -0.2) is 59.5 Å². The minimum atomic E-state index is -1.05. The van der Waals surface area contributed by atoms with E-state index in [4.69, 9.17) is 9.47 Å². The molecule has 1 aromatic rings. The first-order chi connectivity index (χ1) is 13.3. The van der Waals surface area contributed by atoms with E-state index in [2.05, 4.69) is 0 Å². The van der Waals surface area contributed by atoms with E-state index in [-0.39, 0.29) is 17.9 Å². The summed E-state index contributed by atoms with van der Waals surface area (Å²) in [4.78, 5) is 14.0. The molecule has 1 aromatic carbocycles. The number of carbonyl (C=O) groups is 1. The Hall–Kier alpha value is -1.79. The molecule has 6 heteroatoms. The smallest absolute Gasteiger partial charge is 0.251 e. The molecule has 4 unspecified atom stereocenters. The summed E-state index contributed by atoms with van der Waals surface area (Å²) in [6.45, 7) is 6.11. The standard InChI is InChI=1S/C22H33NO5/c1-14(24)21(26)23-12-18(22(3,13-23)15(2)25)16-9-10-19(27-4)20(11-16)28-17-7-5-6-8-17/h9-11,14-15,17-18,24-25H,5-8,12-13H2,1-4H3. The lowest BCUT2D eigenvalue weighted by Gasteiger charge is -2.34. The molecule has 156 valence electrons. The zero-order valence-electron chi connectivity index (χ0n) is 17.4. The van der Waals surface area contributed by atoms with Gasteiger partial charge in [-0.2, -0.15) is 0 Å². The normalized spacial score (nSPS) is 27.6. The van der Waals surface area contributed by atoms with E-state index >= 15 is 0 Å². The lowest BCUT2D eigenvalue weighted by atomic mass is 9.72. The van der Waals surface area contributed by atoms with Gasteiger partial charge in [0, 0.05) is 24.4 Å². The third-order valence-corrected chi connectivity index (χ3v) is 6.54. The Morgan fingerprint density at radius 2 is 1.89 bits per heavy atom. The average Bonchev–Trinajstić information content (AvgIpc) is 3.29. The minimum absolute atomic E-state index is 0.0629. The Morgan fingerprint density at radius 3 is 2.46 bits per heavy atom. The lowest BCUT2D eigenvalue weighted by Crippen LogP contribution is -2.40. The molecular weight excluding hydrogens is 358 g/mol. The molecule has 0 radical (unpaired) electrons. The van der Waals surface area contributed by atoms with Gasteiger partial charge in [0.05, 0.1) is 19.3 Å². The van der Waals surface area contributed by atoms with Crippen LogP contribution in [0.5, 0.6) is 11.5 Å². The highest BCUT2D eigenvalue weighted by atomic mass is 16.5. The number of rotatable bonds is 6. The number of aliphatic hydroxyl groups is 2. The molecule has 0 spiro atoms. The summed E-state index contributed by atoms with van der Waals surface area (Å²) in [7, 11) is 1.63. The molecule has 0 bridgehead atoms. The SMILES string of the molecule is COc1ccc(C2CN(C(=O)C(C)O)CC2(C)C(C)O)cc1OC1CCCC1. The second-order valence-corrected chi connectivity index (χ2v) is 8.56. The van der Waals surface area contributed by atoms with Gasteiger partial charge in [0.25, 0.3) is 5.91 Å². The van der Waals surface area contributed by atoms with Crippen LogP contribution in [0.15, 0.2) is 18.2 Å². The van der Waals surface area contributed by atoms with Crippen LogP contribution in [-0.2, 0) is 4.79 Å². The lowest BCUT2D eigenvalue weighted by molar-refractivity contribution is -0.138. The molecule has 2 N–H and O–H groups in total. The number of hydrogen-bond donors (Lipinski definition) is 2. The summed E-state index contributed by atoms with van der Waals surface area (Å²) in [6.07, 6.45) is 3.04. The van der Waals surface area contributed by atoms with Crippen molar-refractivity contribution in [3.8, 4) is 11.5 Å². The molecule has 0 aromatic heterocycles. The molecule has 4 atom stereocenters. The molecule has 1 aliphatic heterocycles. The summed E-state index contributed by atoms with van der Waals surface area (Å²) in [5.41, 5.74) is 0.502. The summed E-state index contributed by atoms with van der Waals surface area (Å²) in [6, 6.07) is 5.89. The van der Waals surface area contributed by atoms with Crippen molar-refractivity contribution in [2.24, 2.45) is 5.41 Å². The van der Waals surface area contributed by atoms with Gasteiger partial charge in [-0.3, -0.25) is 4.79 Å². The van der Waals surface area contributed by atoms with Crippen molar-refractivity contribution in [1.82, 2.24) is 4.90 Å². The zero-order valence-corrected chi connectivity index (χ0v) is 17.4. The topological polar surface area (TPSA) is 79.2 Å². The molecular formula is C22H33NO5. The molecule has 2 fully saturated rings. The highest BCUT2D eigenvalue weighted by Gasteiger charge is 2.48. The van der Waals surface area contributed by atoms with Crippen LogP contribution in [0.3, 0.4) is 0 Å². The number of methoxy groups -OCH3 is 1. The quantitative estimate of drug-likeness (QED) is 0.780. The molecule has 1 saturated heterocycles. The van der Waals surface area contributed by atoms with Crippen LogP contribution < -0.4 is 9.47 Å². The number of hydrogen-bond acceptors (Lipinski definition) is 5. The fourth-order valence-electron chi connectivity index (χ4n) is 4.54. The minimum Gasteiger partial charge on any atom is -0.493 e. The van der Waals surface area contributed by atoms with Crippen molar-refractivity contribution in [2.75, 3.05) is 20.2 Å². The van der Waals surface area contributed by atoms with E-state index in [0.29, 0.717) is 18.8 Å². The van der Waals surface area contributed by atoms with Gasteiger partial charge in [-0.15, -0.1) is 0 Å². The summed E-state index contributed by atoms with van der Waals surface area (Å²) in [5.74, 6) is 1.06. The van der Waals surface area contributed by atoms with Gasteiger partial charge < -0.3 is 24.6 Å². The fourth-order valence-corrected chi connectivity index (χ4v) is 4.54. The van der Waals surface area contributed by atoms with Crippen LogP contribution in [0, 0.1) is 5.41 Å². The summed E-state index contributed by atoms with van der Waals surface area (Å²) >= 11 is 0. The Balaban J connectivity index is 1.91. The fraction of sp³-hybridized carbons (Fsp3) is 0.682. The van der Waals surface area contributed by atoms with E-state index in [1.54, 1.807) is 18.9 Å². The highest BCUT2D eigenvalue weighted by molar-refractivity contribution is 5.80. The van der Waals surface area contributed by atoms with Crippen LogP contribution in [0.2, 0.25) is 0 Å². The number of ether oxygens (including phenoxy) is 2. The maximum atomic E-state index is 12.4. The molecule has 1 saturated carbocycles. The number of benzene rings is 1. The molecule has 3 rings (SSSR count). The number of amides is 1. The predicted molar refractivity (Wildman–Crippen MR) is 107 cm³/mol. The van der Waals surface area contributed by atoms with Gasteiger partial charge in [0.15, 0.2) is 11.5 Å². The van der Waals surface area contributed by atoms with E-state index in [9.17, 15) is 15.0 Å². The molecule has 1 aliphatic carbocycles. The summed E-state index contributed by atoms with van der Waals surface area (Å²) < 4.78 is 11.7. The van der Waals surface area contributed by atoms with Crippen molar-refractivity contribution in [2.45, 2.75) is 70.7 Å². The second kappa shape index (κ2) is 8.29. The van der Waals surface area contributed by atoms with Crippen molar-refractivity contribution >= 4 is 5.91 Å². The highest BCUT2D eigenvalue weighted by Crippen LogP contribution is 2.47. The Kier molecular flexibility index (Phi) is 6.20. The van der Waals surface area contributed by atoms with Crippen molar-refractivity contribution in [3.63, 3.8) is 0 Å². The second-order valence-electron chi connectivity index (χ2n) is 8.56. The van der Waals surface area contributed by atoms with Gasteiger partial charge in [0.2, 0.25) is 0 Å². The maximum absolute atomic E-state index is 12.4. The molecule has 2 aliphatic rings. The van der Waals surface area contributed by atoms with Crippen molar-refractivity contribution in [3.05, 3.63) is 23.8 Å². The summed E-state index contributed by atoms with van der Waals surface area (Å²) in [5, 5.41) is 20.3. The van der Waals surface area contributed by atoms with E-state index in [0.717, 1.165) is 24.2 Å². The number of carbonyl (C=O) groups excluding carboxylic acids is 1. The van der Waals surface area contributed by atoms with Crippen molar-refractivity contribution in [1.29, 1.82) is 0 Å². The molecule has 1 amide bonds. The first kappa shape index (κ1) is 20.9. The Morgan fingerprint density at radius 1 is 1.21 bits per heavy atom. The number of aliphatic hydroxyl groups excluding tert-OH is 2. The van der Waals surface area contributed by atoms with Crippen LogP contribution in [0.25, 0.3) is 0 Å². The van der Waals surface area contributed by atoms with Crippen molar-refractivity contribution < 1.29 is 24.5 Å². The third-order valence-electron chi connectivity index (χ3n) is 6.54. The first-order valence-electron chi connectivity index (χ1n) is 10.3. The van der Waals surface area contributed by atoms with E-state index in [1.165, 1.54) is 19.8 Å². The van der Waals surface area contributed by atoms with Gasteiger partial charge >= 0.3 is 0 Å². The average molecular weight is 392 g/mol. The molecule has 1 heterocycles. The van der Waals surface area contributed by atoms with Gasteiger partial charge in [-0.25, -0.2) is 0 Å². The molecule has 6 nitrogen and oxygen atoms in total. The van der Waals surface area contributed by atoms with Gasteiger partial charge in [-0.05, 0) is 57.2 Å². The molecule has 28 heavy (non-hydrogen) atoms. The van der Waals surface area contributed by atoms with Gasteiger partial charge in [0.1, 0.15) is 6.10 Å². The first-order valence-corrected chi connectivity index (χ1v) is 10.3. The van der Waals surface area contributed by atoms with Crippen LogP contribution >= 0.6 is 0 Å². The zero-order chi connectivity index (χ0) is 20.5. The maximum Gasteiger partial charge on any atom is 0.251 e. The van der Waals surface area contributed by atoms with Crippen LogP contribution in [0.1, 0.15) is 57.9 Å². The largest absolute Gasteiger partial charge is 0.493 e. The Labute approximate surface area is 167 Å². The van der Waals surface area contributed by atoms with E-state index in [1.807, 2.05) is 25.1 Å². The monoisotopic (exact) mass is 391 g/mol. The Bertz CT molecular complexity index is 698. The van der Waals surface area contributed by atoms with Crippen LogP contribution in [0.4, 0.5) is 0 Å².